The summed E-state index contributed by atoms with van der Waals surface area (Å²) >= 11 is 0. The monoisotopic (exact) mass is 336 g/mol. The topological polar surface area (TPSA) is 95.5 Å². The van der Waals surface area contributed by atoms with Crippen molar-refractivity contribution in [1.29, 1.82) is 5.26 Å². The van der Waals surface area contributed by atoms with Crippen LogP contribution in [0.3, 0.4) is 0 Å². The lowest BCUT2D eigenvalue weighted by Crippen LogP contribution is -2.16. The Kier molecular flexibility index (Phi) is 4.31. The fourth-order valence-electron chi connectivity index (χ4n) is 2.67. The normalized spacial score (nSPS) is 10.3. The van der Waals surface area contributed by atoms with Crippen LogP contribution in [0.15, 0.2) is 40.8 Å². The molecule has 2 aromatic heterocycles. The van der Waals surface area contributed by atoms with Crippen LogP contribution in [-0.4, -0.2) is 14.2 Å². The number of aromatic nitrogens is 1. The molecule has 0 amide bonds. The number of hydrogen-bond donors (Lipinski definition) is 1. The van der Waals surface area contributed by atoms with Gasteiger partial charge in [0.05, 0.1) is 14.2 Å². The summed E-state index contributed by atoms with van der Waals surface area (Å²) in [4.78, 5) is 3.02. The minimum Gasteiger partial charge on any atom is -0.493 e. The van der Waals surface area contributed by atoms with Gasteiger partial charge in [0.1, 0.15) is 17.4 Å². The maximum absolute atomic E-state index is 9.52. The summed E-state index contributed by atoms with van der Waals surface area (Å²) in [5, 5.41) is 9.52. The lowest BCUT2D eigenvalue weighted by atomic mass is 9.99. The summed E-state index contributed by atoms with van der Waals surface area (Å²) in [7, 11) is 3.14. The largest absolute Gasteiger partial charge is 0.493 e. The summed E-state index contributed by atoms with van der Waals surface area (Å²) in [5.41, 5.74) is 8.59. The summed E-state index contributed by atoms with van der Waals surface area (Å²) in [5.74, 6) is 2.90. The van der Waals surface area contributed by atoms with Crippen molar-refractivity contribution >= 4 is 5.82 Å². The van der Waals surface area contributed by atoms with Crippen LogP contribution in [0, 0.1) is 18.3 Å². The van der Waals surface area contributed by atoms with Crippen LogP contribution in [0.4, 0.5) is 5.82 Å². The first-order chi connectivity index (χ1) is 12.1. The van der Waals surface area contributed by atoms with E-state index in [2.05, 4.69) is 11.1 Å². The van der Waals surface area contributed by atoms with Crippen molar-refractivity contribution in [1.82, 2.24) is 0 Å². The van der Waals surface area contributed by atoms with Gasteiger partial charge in [0.15, 0.2) is 23.0 Å². The van der Waals surface area contributed by atoms with Crippen molar-refractivity contribution in [3.05, 3.63) is 47.7 Å². The highest BCUT2D eigenvalue weighted by Crippen LogP contribution is 2.35. The number of pyridine rings is 1. The zero-order valence-electron chi connectivity index (χ0n) is 14.2. The molecule has 6 heteroatoms. The van der Waals surface area contributed by atoms with Gasteiger partial charge in [-0.2, -0.15) is 5.26 Å². The average molecular weight is 336 g/mol. The van der Waals surface area contributed by atoms with Gasteiger partial charge in [-0.25, -0.2) is 4.98 Å². The molecule has 0 aliphatic heterocycles. The highest BCUT2D eigenvalue weighted by Gasteiger charge is 2.19. The molecule has 0 aliphatic carbocycles. The zero-order valence-corrected chi connectivity index (χ0v) is 14.2. The van der Waals surface area contributed by atoms with Crippen LogP contribution >= 0.6 is 0 Å². The Morgan fingerprint density at radius 3 is 2.44 bits per heavy atom. The van der Waals surface area contributed by atoms with Crippen molar-refractivity contribution in [2.24, 2.45) is 0 Å². The second-order valence-electron chi connectivity index (χ2n) is 5.48. The lowest BCUT2D eigenvalue weighted by molar-refractivity contribution is -0.348. The maximum atomic E-state index is 9.52. The SMILES string of the molecule is COc1ccc(-c2cc(-c3ccc(C)o3)[nH+]c(N)c2C#N)cc1OC. The summed E-state index contributed by atoms with van der Waals surface area (Å²) < 4.78 is 16.3. The Hall–Kier alpha value is -3.46. The first-order valence-corrected chi connectivity index (χ1v) is 7.62. The number of furan rings is 1. The first-order valence-electron chi connectivity index (χ1n) is 7.62. The molecule has 1 aromatic carbocycles. The van der Waals surface area contributed by atoms with Crippen LogP contribution in [0.1, 0.15) is 11.3 Å². The summed E-state index contributed by atoms with van der Waals surface area (Å²) in [6.45, 7) is 1.87. The van der Waals surface area contributed by atoms with E-state index >= 15 is 0 Å². The van der Waals surface area contributed by atoms with Crippen LogP contribution in [-0.2, 0) is 0 Å². The highest BCUT2D eigenvalue weighted by atomic mass is 16.5. The van der Waals surface area contributed by atoms with Crippen LogP contribution in [0.25, 0.3) is 22.6 Å². The molecule has 6 nitrogen and oxygen atoms in total. The zero-order chi connectivity index (χ0) is 18.0. The average Bonchev–Trinajstić information content (AvgIpc) is 3.06. The molecule has 0 saturated carbocycles. The Bertz CT molecular complexity index is 971. The van der Waals surface area contributed by atoms with Gasteiger partial charge in [-0.1, -0.05) is 6.07 Å². The second kappa shape index (κ2) is 6.57. The number of aromatic amines is 1. The Morgan fingerprint density at radius 1 is 1.08 bits per heavy atom. The molecular formula is C19H18N3O3+. The van der Waals surface area contributed by atoms with E-state index in [1.807, 2.05) is 37.3 Å². The van der Waals surface area contributed by atoms with Crippen molar-refractivity contribution < 1.29 is 18.9 Å². The number of aryl methyl sites for hydroxylation is 1. The number of benzene rings is 1. The minimum atomic E-state index is 0.277. The number of nitrogens with one attached hydrogen (secondary N) is 1. The van der Waals surface area contributed by atoms with E-state index in [0.717, 1.165) is 11.3 Å². The van der Waals surface area contributed by atoms with Crippen LogP contribution < -0.4 is 20.2 Å². The lowest BCUT2D eigenvalue weighted by Gasteiger charge is -2.11. The van der Waals surface area contributed by atoms with E-state index in [1.54, 1.807) is 20.3 Å². The molecular weight excluding hydrogens is 318 g/mol. The maximum Gasteiger partial charge on any atom is 0.289 e. The van der Waals surface area contributed by atoms with Gasteiger partial charge >= 0.3 is 0 Å². The molecule has 0 radical (unpaired) electrons. The molecule has 126 valence electrons. The number of nitrogens with zero attached hydrogens (tertiary/aromatic N) is 1. The number of methoxy groups -OCH3 is 2. The van der Waals surface area contributed by atoms with Crippen molar-refractivity contribution in [2.75, 3.05) is 20.0 Å². The van der Waals surface area contributed by atoms with Gasteiger partial charge in [0.2, 0.25) is 0 Å². The molecule has 3 rings (SSSR count). The predicted octanol–water partition coefficient (Wildman–Crippen LogP) is 3.21. The Balaban J connectivity index is 2.21. The first kappa shape index (κ1) is 16.4. The molecule has 2 heterocycles. The predicted molar refractivity (Wildman–Crippen MR) is 93.1 cm³/mol. The number of H-pyrrole nitrogens is 1. The fraction of sp³-hybridized carbons (Fsp3) is 0.158. The number of anilines is 1. The number of rotatable bonds is 4. The standard InChI is InChI=1S/C19H17N3O3/c1-11-4-6-16(25-11)15-9-13(14(10-20)19(21)22-15)12-5-7-17(23-2)18(8-12)24-3/h4-9H,1-3H3,(H2,21,22)/p+1. The van der Waals surface area contributed by atoms with Crippen molar-refractivity contribution in [3.8, 4) is 40.1 Å². The van der Waals surface area contributed by atoms with E-state index in [1.165, 1.54) is 0 Å². The van der Waals surface area contributed by atoms with Crippen LogP contribution in [0.2, 0.25) is 0 Å². The molecule has 0 fully saturated rings. The number of nitriles is 1. The van der Waals surface area contributed by atoms with Gasteiger partial charge in [-0.3, -0.25) is 5.73 Å². The molecule has 0 saturated heterocycles. The van der Waals surface area contributed by atoms with E-state index in [-0.39, 0.29) is 5.82 Å². The van der Waals surface area contributed by atoms with E-state index in [0.29, 0.717) is 34.1 Å². The molecule has 0 spiro atoms. The molecule has 3 N–H and O–H groups in total. The molecule has 0 bridgehead atoms. The number of ether oxygens (including phenoxy) is 2. The number of nitrogen functional groups attached to an aromatic ring is 1. The Morgan fingerprint density at radius 2 is 1.84 bits per heavy atom. The van der Waals surface area contributed by atoms with Gasteiger partial charge < -0.3 is 13.9 Å². The molecule has 0 unspecified atom stereocenters. The number of nitrogens with two attached hydrogens (primary N) is 1. The van der Waals surface area contributed by atoms with Crippen molar-refractivity contribution in [2.45, 2.75) is 6.92 Å². The highest BCUT2D eigenvalue weighted by molar-refractivity contribution is 5.78. The third kappa shape index (κ3) is 3.00. The number of hydrogen-bond acceptors (Lipinski definition) is 5. The van der Waals surface area contributed by atoms with E-state index in [4.69, 9.17) is 19.6 Å². The summed E-state index contributed by atoms with van der Waals surface area (Å²) in [6.07, 6.45) is 0. The van der Waals surface area contributed by atoms with Gasteiger partial charge in [-0.05, 0) is 42.8 Å². The molecule has 25 heavy (non-hydrogen) atoms. The minimum absolute atomic E-state index is 0.277. The molecule has 3 aromatic rings. The van der Waals surface area contributed by atoms with Gasteiger partial charge in [-0.15, -0.1) is 0 Å². The third-order valence-corrected chi connectivity index (χ3v) is 3.91. The Labute approximate surface area is 145 Å². The second-order valence-corrected chi connectivity index (χ2v) is 5.48. The van der Waals surface area contributed by atoms with Crippen LogP contribution in [0.5, 0.6) is 11.5 Å². The smallest absolute Gasteiger partial charge is 0.289 e. The summed E-state index contributed by atoms with van der Waals surface area (Å²) in [6, 6.07) is 13.2. The molecule has 0 aliphatic rings. The quantitative estimate of drug-likeness (QED) is 0.789. The van der Waals surface area contributed by atoms with Crippen molar-refractivity contribution in [3.63, 3.8) is 0 Å². The van der Waals surface area contributed by atoms with E-state index < -0.39 is 0 Å². The molecule has 0 atom stereocenters. The fourth-order valence-corrected chi connectivity index (χ4v) is 2.67. The van der Waals surface area contributed by atoms with Gasteiger partial charge in [0.25, 0.3) is 5.82 Å². The third-order valence-electron chi connectivity index (χ3n) is 3.91. The van der Waals surface area contributed by atoms with E-state index in [9.17, 15) is 5.26 Å². The van der Waals surface area contributed by atoms with Gasteiger partial charge in [0, 0.05) is 5.56 Å².